The number of aromatic nitrogens is 2. The lowest BCUT2D eigenvalue weighted by molar-refractivity contribution is -0.143. The van der Waals surface area contributed by atoms with Gasteiger partial charge < -0.3 is 24.7 Å². The average molecular weight is 593 g/mol. The first kappa shape index (κ1) is 32.1. The molecule has 8 nitrogen and oxygen atoms in total. The summed E-state index contributed by atoms with van der Waals surface area (Å²) in [5.41, 5.74) is -3.85. The van der Waals surface area contributed by atoms with Crippen molar-refractivity contribution in [3.05, 3.63) is 53.1 Å². The molecule has 1 aliphatic rings. The summed E-state index contributed by atoms with van der Waals surface area (Å²) in [6.45, 7) is 6.76. The number of rotatable bonds is 7. The largest absolute Gasteiger partial charge is 0.449 e. The predicted octanol–water partition coefficient (Wildman–Crippen LogP) is 6.51. The third-order valence-electron chi connectivity index (χ3n) is 6.55. The zero-order valence-corrected chi connectivity index (χ0v) is 23.2. The number of aromatic amines is 1. The van der Waals surface area contributed by atoms with E-state index in [9.17, 15) is 35.9 Å². The molecule has 0 bridgehead atoms. The molecule has 2 N–H and O–H groups in total. The Labute approximate surface area is 233 Å². The average Bonchev–Trinajstić information content (AvgIpc) is 3.34. The number of likely N-dealkylation sites (tertiary alicyclic amines) is 1. The van der Waals surface area contributed by atoms with Gasteiger partial charge in [0, 0.05) is 43.4 Å². The van der Waals surface area contributed by atoms with Crippen molar-refractivity contribution in [2.75, 3.05) is 6.61 Å². The number of benzene rings is 1. The molecular formula is C27H34F6N4O4. The van der Waals surface area contributed by atoms with Crippen LogP contribution < -0.4 is 5.32 Å². The Morgan fingerprint density at radius 3 is 2.15 bits per heavy atom. The van der Waals surface area contributed by atoms with Gasteiger partial charge >= 0.3 is 24.5 Å². The van der Waals surface area contributed by atoms with Crippen LogP contribution in [-0.4, -0.2) is 57.4 Å². The summed E-state index contributed by atoms with van der Waals surface area (Å²) in [4.78, 5) is 34.6. The second-order valence-corrected chi connectivity index (χ2v) is 11.0. The molecule has 3 unspecified atom stereocenters. The van der Waals surface area contributed by atoms with E-state index in [1.165, 1.54) is 0 Å². The smallest absolute Gasteiger partial charge is 0.416 e. The summed E-state index contributed by atoms with van der Waals surface area (Å²) in [6.07, 6.45) is -6.73. The van der Waals surface area contributed by atoms with E-state index in [0.29, 0.717) is 43.6 Å². The molecule has 2 aromatic rings. The molecule has 1 aromatic heterocycles. The molecule has 41 heavy (non-hydrogen) atoms. The highest BCUT2D eigenvalue weighted by molar-refractivity contribution is 5.70. The van der Waals surface area contributed by atoms with E-state index in [1.807, 2.05) is 6.92 Å². The molecule has 2 heterocycles. The number of piperidine rings is 1. The van der Waals surface area contributed by atoms with Crippen LogP contribution in [0.4, 0.5) is 35.9 Å². The van der Waals surface area contributed by atoms with Crippen molar-refractivity contribution in [3.8, 4) is 0 Å². The standard InChI is InChI=1S/C27H34F6N4O4/c1-5-20-13-19(14-21(15-22-34-7-8-35-22)37(20)24(39)41-25(2,3)4)36-23(38)40-9-6-16-10-17(26(28,29)30)12-18(11-16)27(31,32)33/h7-8,10-12,19-21H,5-6,9,13-15H2,1-4H3,(H,34,35)(H,36,38). The van der Waals surface area contributed by atoms with Gasteiger partial charge in [-0.25, -0.2) is 14.6 Å². The number of ether oxygens (including phenoxy) is 2. The molecular weight excluding hydrogens is 558 g/mol. The van der Waals surface area contributed by atoms with Crippen molar-refractivity contribution >= 4 is 12.2 Å². The summed E-state index contributed by atoms with van der Waals surface area (Å²) in [5, 5.41) is 2.73. The maximum absolute atomic E-state index is 13.1. The van der Waals surface area contributed by atoms with E-state index in [-0.39, 0.29) is 30.1 Å². The minimum atomic E-state index is -4.97. The van der Waals surface area contributed by atoms with Gasteiger partial charge in [-0.1, -0.05) is 6.92 Å². The summed E-state index contributed by atoms with van der Waals surface area (Å²) in [6, 6.07) is 0.170. The Morgan fingerprint density at radius 1 is 1.02 bits per heavy atom. The van der Waals surface area contributed by atoms with Crippen LogP contribution in [-0.2, 0) is 34.7 Å². The minimum Gasteiger partial charge on any atom is -0.449 e. The molecule has 14 heteroatoms. The summed E-state index contributed by atoms with van der Waals surface area (Å²) in [7, 11) is 0. The topological polar surface area (TPSA) is 96.5 Å². The zero-order valence-electron chi connectivity index (χ0n) is 23.2. The third kappa shape index (κ3) is 9.28. The van der Waals surface area contributed by atoms with E-state index in [0.717, 1.165) is 0 Å². The molecule has 228 valence electrons. The maximum atomic E-state index is 13.1. The highest BCUT2D eigenvalue weighted by Crippen LogP contribution is 2.36. The van der Waals surface area contributed by atoms with Crippen LogP contribution in [0, 0.1) is 0 Å². The first-order valence-electron chi connectivity index (χ1n) is 13.2. The molecule has 2 amide bonds. The lowest BCUT2D eigenvalue weighted by Gasteiger charge is -2.45. The van der Waals surface area contributed by atoms with Crippen LogP contribution >= 0.6 is 0 Å². The van der Waals surface area contributed by atoms with Crippen LogP contribution in [0.1, 0.15) is 69.5 Å². The highest BCUT2D eigenvalue weighted by Gasteiger charge is 2.41. The van der Waals surface area contributed by atoms with Crippen molar-refractivity contribution in [1.29, 1.82) is 0 Å². The minimum absolute atomic E-state index is 0.0456. The number of nitrogens with one attached hydrogen (secondary N) is 2. The van der Waals surface area contributed by atoms with Gasteiger partial charge in [0.05, 0.1) is 17.7 Å². The molecule has 0 saturated carbocycles. The molecule has 1 saturated heterocycles. The number of carbonyl (C=O) groups is 2. The van der Waals surface area contributed by atoms with Gasteiger partial charge in [-0.05, 0) is 63.8 Å². The highest BCUT2D eigenvalue weighted by atomic mass is 19.4. The number of imidazole rings is 1. The Bertz CT molecular complexity index is 1150. The quantitative estimate of drug-likeness (QED) is 0.358. The van der Waals surface area contributed by atoms with E-state index >= 15 is 0 Å². The lowest BCUT2D eigenvalue weighted by Crippen LogP contribution is -2.58. The van der Waals surface area contributed by atoms with Gasteiger partial charge in [-0.15, -0.1) is 0 Å². The van der Waals surface area contributed by atoms with E-state index in [1.54, 1.807) is 38.1 Å². The molecule has 0 radical (unpaired) electrons. The molecule has 1 aliphatic heterocycles. The van der Waals surface area contributed by atoms with E-state index in [2.05, 4.69) is 15.3 Å². The lowest BCUT2D eigenvalue weighted by atomic mass is 9.88. The Kier molecular flexibility index (Phi) is 9.85. The van der Waals surface area contributed by atoms with E-state index in [4.69, 9.17) is 9.47 Å². The number of alkyl halides is 6. The monoisotopic (exact) mass is 592 g/mol. The number of H-pyrrole nitrogens is 1. The molecule has 0 spiro atoms. The van der Waals surface area contributed by atoms with Gasteiger partial charge in [0.2, 0.25) is 0 Å². The molecule has 0 aliphatic carbocycles. The Balaban J connectivity index is 1.67. The first-order valence-corrected chi connectivity index (χ1v) is 13.2. The number of hydrogen-bond acceptors (Lipinski definition) is 5. The first-order chi connectivity index (χ1) is 19.0. The van der Waals surface area contributed by atoms with Crippen molar-refractivity contribution in [3.63, 3.8) is 0 Å². The number of amides is 2. The fourth-order valence-corrected chi connectivity index (χ4v) is 4.82. The van der Waals surface area contributed by atoms with E-state index < -0.39 is 53.9 Å². The predicted molar refractivity (Wildman–Crippen MR) is 136 cm³/mol. The molecule has 1 aromatic carbocycles. The van der Waals surface area contributed by atoms with Gasteiger partial charge in [0.15, 0.2) is 0 Å². The fourth-order valence-electron chi connectivity index (χ4n) is 4.82. The van der Waals surface area contributed by atoms with Crippen LogP contribution in [0.2, 0.25) is 0 Å². The van der Waals surface area contributed by atoms with Crippen LogP contribution in [0.15, 0.2) is 30.6 Å². The van der Waals surface area contributed by atoms with Gasteiger partial charge in [0.1, 0.15) is 11.4 Å². The Morgan fingerprint density at radius 2 is 1.63 bits per heavy atom. The fraction of sp³-hybridized carbons (Fsp3) is 0.593. The molecule has 3 rings (SSSR count). The Hall–Kier alpha value is -3.45. The van der Waals surface area contributed by atoms with Gasteiger partial charge in [-0.2, -0.15) is 26.3 Å². The van der Waals surface area contributed by atoms with Gasteiger partial charge in [0.25, 0.3) is 0 Å². The van der Waals surface area contributed by atoms with Crippen LogP contribution in [0.3, 0.4) is 0 Å². The van der Waals surface area contributed by atoms with Crippen molar-refractivity contribution in [2.24, 2.45) is 0 Å². The number of nitrogens with zero attached hydrogens (tertiary/aromatic N) is 2. The zero-order chi connectivity index (χ0) is 30.6. The normalized spacial score (nSPS) is 20.0. The molecule has 3 atom stereocenters. The van der Waals surface area contributed by atoms with Gasteiger partial charge in [-0.3, -0.25) is 0 Å². The summed E-state index contributed by atoms with van der Waals surface area (Å²) >= 11 is 0. The number of halogens is 6. The number of alkyl carbamates (subject to hydrolysis) is 1. The SMILES string of the molecule is CCC1CC(NC(=O)OCCc2cc(C(F)(F)F)cc(C(F)(F)F)c2)CC(Cc2ncc[nH]2)N1C(=O)OC(C)(C)C. The second-order valence-electron chi connectivity index (χ2n) is 11.0. The third-order valence-corrected chi connectivity index (χ3v) is 6.55. The summed E-state index contributed by atoms with van der Waals surface area (Å²) < 4.78 is 89.4. The van der Waals surface area contributed by atoms with Crippen LogP contribution in [0.5, 0.6) is 0 Å². The summed E-state index contributed by atoms with van der Waals surface area (Å²) in [5.74, 6) is 0.640. The van der Waals surface area contributed by atoms with Crippen molar-refractivity contribution < 1.29 is 45.4 Å². The number of carbonyl (C=O) groups excluding carboxylic acids is 2. The second kappa shape index (κ2) is 12.6. The number of hydrogen-bond donors (Lipinski definition) is 2. The van der Waals surface area contributed by atoms with Crippen molar-refractivity contribution in [1.82, 2.24) is 20.2 Å². The van der Waals surface area contributed by atoms with Crippen LogP contribution in [0.25, 0.3) is 0 Å². The maximum Gasteiger partial charge on any atom is 0.416 e. The van der Waals surface area contributed by atoms with Crippen molar-refractivity contribution in [2.45, 2.75) is 95.9 Å². The molecule has 1 fully saturated rings.